The van der Waals surface area contributed by atoms with Gasteiger partial charge in [0.05, 0.1) is 12.4 Å². The number of rotatable bonds is 8. The van der Waals surface area contributed by atoms with Crippen LogP contribution < -0.4 is 5.32 Å². The van der Waals surface area contributed by atoms with Crippen molar-refractivity contribution in [1.82, 2.24) is 25.1 Å². The second-order valence-corrected chi connectivity index (χ2v) is 6.67. The van der Waals surface area contributed by atoms with Crippen LogP contribution >= 0.6 is 11.8 Å². The van der Waals surface area contributed by atoms with E-state index in [1.807, 2.05) is 6.07 Å². The molecule has 29 heavy (non-hydrogen) atoms. The van der Waals surface area contributed by atoms with E-state index in [1.165, 1.54) is 12.1 Å². The van der Waals surface area contributed by atoms with E-state index >= 15 is 0 Å². The highest BCUT2D eigenvalue weighted by molar-refractivity contribution is 7.99. The smallest absolute Gasteiger partial charge is 0.325 e. The normalized spacial score (nSPS) is 10.6. The molecule has 0 atom stereocenters. The summed E-state index contributed by atoms with van der Waals surface area (Å²) in [5.41, 5.74) is 1.37. The Kier molecular flexibility index (Phi) is 6.90. The van der Waals surface area contributed by atoms with Crippen LogP contribution in [0, 0.1) is 5.82 Å². The lowest BCUT2D eigenvalue weighted by molar-refractivity contribution is -0.143. The predicted molar refractivity (Wildman–Crippen MR) is 105 cm³/mol. The first-order chi connectivity index (χ1) is 14.1. The number of thioether (sulfide) groups is 1. The molecule has 0 unspecified atom stereocenters. The molecule has 0 radical (unpaired) electrons. The van der Waals surface area contributed by atoms with Gasteiger partial charge in [0, 0.05) is 23.6 Å². The van der Waals surface area contributed by atoms with E-state index in [-0.39, 0.29) is 30.6 Å². The number of aromatic nitrogens is 4. The van der Waals surface area contributed by atoms with Gasteiger partial charge in [0.1, 0.15) is 12.4 Å². The van der Waals surface area contributed by atoms with Crippen molar-refractivity contribution in [2.45, 2.75) is 12.1 Å². The van der Waals surface area contributed by atoms with Gasteiger partial charge < -0.3 is 10.1 Å². The minimum atomic E-state index is -0.501. The molecule has 3 rings (SSSR count). The van der Waals surface area contributed by atoms with Gasteiger partial charge in [0.25, 0.3) is 0 Å². The quantitative estimate of drug-likeness (QED) is 0.445. The lowest BCUT2D eigenvalue weighted by Gasteiger charge is -2.10. The molecule has 150 valence electrons. The van der Waals surface area contributed by atoms with Crippen LogP contribution in [0.2, 0.25) is 0 Å². The van der Waals surface area contributed by atoms with Gasteiger partial charge in [-0.25, -0.2) is 4.39 Å². The summed E-state index contributed by atoms with van der Waals surface area (Å²) in [4.78, 5) is 27.5. The predicted octanol–water partition coefficient (Wildman–Crippen LogP) is 2.24. The molecule has 0 aliphatic heterocycles. The number of hydrogen-bond acceptors (Lipinski definition) is 7. The SMILES string of the molecule is CCOC(=O)CNC(=O)CSc1nnc(-c2cccnc2)n1-c1ccc(F)cc1. The molecule has 1 aromatic carbocycles. The number of pyridine rings is 1. The third-order valence-electron chi connectivity index (χ3n) is 3.71. The average Bonchev–Trinajstić information content (AvgIpc) is 3.16. The van der Waals surface area contributed by atoms with Crippen molar-refractivity contribution in [1.29, 1.82) is 0 Å². The van der Waals surface area contributed by atoms with Gasteiger partial charge in [-0.05, 0) is 43.3 Å². The number of carbonyl (C=O) groups excluding carboxylic acids is 2. The van der Waals surface area contributed by atoms with Crippen LogP contribution in [0.15, 0.2) is 53.9 Å². The zero-order valence-corrected chi connectivity index (χ0v) is 16.4. The maximum Gasteiger partial charge on any atom is 0.325 e. The molecule has 0 aliphatic rings. The summed E-state index contributed by atoms with van der Waals surface area (Å²) in [6, 6.07) is 9.48. The zero-order valence-electron chi connectivity index (χ0n) is 15.5. The van der Waals surface area contributed by atoms with Crippen molar-refractivity contribution in [3.8, 4) is 17.1 Å². The highest BCUT2D eigenvalue weighted by Crippen LogP contribution is 2.27. The fourth-order valence-corrected chi connectivity index (χ4v) is 3.21. The molecule has 0 fully saturated rings. The molecular weight excluding hydrogens is 397 g/mol. The number of halogens is 1. The van der Waals surface area contributed by atoms with Crippen LogP contribution in [0.5, 0.6) is 0 Å². The van der Waals surface area contributed by atoms with Gasteiger partial charge in [-0.15, -0.1) is 10.2 Å². The Morgan fingerprint density at radius 1 is 1.21 bits per heavy atom. The van der Waals surface area contributed by atoms with Crippen molar-refractivity contribution in [3.05, 3.63) is 54.6 Å². The van der Waals surface area contributed by atoms with Crippen LogP contribution in [-0.4, -0.2) is 50.5 Å². The number of amides is 1. The monoisotopic (exact) mass is 415 g/mol. The Morgan fingerprint density at radius 3 is 2.69 bits per heavy atom. The highest BCUT2D eigenvalue weighted by Gasteiger charge is 2.18. The van der Waals surface area contributed by atoms with Crippen molar-refractivity contribution in [3.63, 3.8) is 0 Å². The number of hydrogen-bond donors (Lipinski definition) is 1. The van der Waals surface area contributed by atoms with Gasteiger partial charge in [-0.2, -0.15) is 0 Å². The second kappa shape index (κ2) is 9.78. The van der Waals surface area contributed by atoms with E-state index in [2.05, 4.69) is 20.5 Å². The van der Waals surface area contributed by atoms with Crippen molar-refractivity contribution >= 4 is 23.6 Å². The van der Waals surface area contributed by atoms with E-state index in [9.17, 15) is 14.0 Å². The van der Waals surface area contributed by atoms with E-state index in [1.54, 1.807) is 42.1 Å². The van der Waals surface area contributed by atoms with Crippen LogP contribution in [0.3, 0.4) is 0 Å². The average molecular weight is 415 g/mol. The summed E-state index contributed by atoms with van der Waals surface area (Å²) in [6.45, 7) is 1.75. The second-order valence-electron chi connectivity index (χ2n) is 5.73. The topological polar surface area (TPSA) is 99.0 Å². The summed E-state index contributed by atoms with van der Waals surface area (Å²) in [7, 11) is 0. The minimum Gasteiger partial charge on any atom is -0.465 e. The zero-order chi connectivity index (χ0) is 20.6. The summed E-state index contributed by atoms with van der Waals surface area (Å²) in [5.74, 6) is -0.679. The molecule has 10 heteroatoms. The van der Waals surface area contributed by atoms with E-state index in [4.69, 9.17) is 4.74 Å². The maximum atomic E-state index is 13.4. The van der Waals surface area contributed by atoms with Crippen molar-refractivity contribution in [2.24, 2.45) is 0 Å². The number of carbonyl (C=O) groups is 2. The van der Waals surface area contributed by atoms with Gasteiger partial charge >= 0.3 is 5.97 Å². The van der Waals surface area contributed by atoms with E-state index < -0.39 is 5.97 Å². The van der Waals surface area contributed by atoms with Crippen LogP contribution in [0.4, 0.5) is 4.39 Å². The summed E-state index contributed by atoms with van der Waals surface area (Å²) in [6.07, 6.45) is 3.29. The number of nitrogens with one attached hydrogen (secondary N) is 1. The van der Waals surface area contributed by atoms with Crippen molar-refractivity contribution in [2.75, 3.05) is 18.9 Å². The first kappa shape index (κ1) is 20.5. The highest BCUT2D eigenvalue weighted by atomic mass is 32.2. The summed E-state index contributed by atoms with van der Waals surface area (Å²) >= 11 is 1.15. The molecule has 1 amide bonds. The third-order valence-corrected chi connectivity index (χ3v) is 4.63. The fourth-order valence-electron chi connectivity index (χ4n) is 2.43. The molecule has 0 spiro atoms. The Balaban J connectivity index is 1.80. The Labute approximate surface area is 170 Å². The number of esters is 1. The molecule has 0 bridgehead atoms. The summed E-state index contributed by atoms with van der Waals surface area (Å²) in [5, 5.41) is 11.3. The number of benzene rings is 1. The van der Waals surface area contributed by atoms with E-state index in [0.717, 1.165) is 17.3 Å². The number of nitrogens with zero attached hydrogens (tertiary/aromatic N) is 4. The third kappa shape index (κ3) is 5.38. The molecule has 3 aromatic rings. The van der Waals surface area contributed by atoms with Crippen LogP contribution in [0.1, 0.15) is 6.92 Å². The van der Waals surface area contributed by atoms with Gasteiger partial charge in [-0.1, -0.05) is 11.8 Å². The molecular formula is C19H18FN5O3S. The first-order valence-corrected chi connectivity index (χ1v) is 9.74. The summed E-state index contributed by atoms with van der Waals surface area (Å²) < 4.78 is 19.9. The lowest BCUT2D eigenvalue weighted by Crippen LogP contribution is -2.31. The Bertz CT molecular complexity index is 979. The molecule has 2 heterocycles. The molecule has 8 nitrogen and oxygen atoms in total. The molecule has 0 saturated heterocycles. The van der Waals surface area contributed by atoms with E-state index in [0.29, 0.717) is 16.7 Å². The molecule has 1 N–H and O–H groups in total. The fraction of sp³-hybridized carbons (Fsp3) is 0.211. The largest absolute Gasteiger partial charge is 0.465 e. The van der Waals surface area contributed by atoms with Crippen LogP contribution in [0.25, 0.3) is 17.1 Å². The molecule has 2 aromatic heterocycles. The van der Waals surface area contributed by atoms with Gasteiger partial charge in [0.15, 0.2) is 11.0 Å². The Hall–Kier alpha value is -3.27. The first-order valence-electron chi connectivity index (χ1n) is 8.75. The Morgan fingerprint density at radius 2 is 2.00 bits per heavy atom. The molecule has 0 aliphatic carbocycles. The molecule has 0 saturated carbocycles. The minimum absolute atomic E-state index is 0.0196. The van der Waals surface area contributed by atoms with Crippen LogP contribution in [-0.2, 0) is 14.3 Å². The van der Waals surface area contributed by atoms with Gasteiger partial charge in [0.2, 0.25) is 5.91 Å². The lowest BCUT2D eigenvalue weighted by atomic mass is 10.2. The number of ether oxygens (including phenoxy) is 1. The standard InChI is InChI=1S/C19H18FN5O3S/c1-2-28-17(27)11-22-16(26)12-29-19-24-23-18(13-4-3-9-21-10-13)25(19)15-7-5-14(20)6-8-15/h3-10H,2,11-12H2,1H3,(H,22,26). The van der Waals surface area contributed by atoms with Gasteiger partial charge in [-0.3, -0.25) is 19.1 Å². The maximum absolute atomic E-state index is 13.4. The van der Waals surface area contributed by atoms with Crippen molar-refractivity contribution < 1.29 is 18.7 Å².